The van der Waals surface area contributed by atoms with Gasteiger partial charge in [0.25, 0.3) is 0 Å². The van der Waals surface area contributed by atoms with E-state index in [0.717, 1.165) is 12.8 Å². The van der Waals surface area contributed by atoms with Crippen molar-refractivity contribution >= 4 is 17.7 Å². The molecule has 1 amide bonds. The number of ether oxygens (including phenoxy) is 1. The van der Waals surface area contributed by atoms with Gasteiger partial charge in [0.15, 0.2) is 17.4 Å². The molecular weight excluding hydrogens is 393 g/mol. The molecule has 0 spiro atoms. The first-order chi connectivity index (χ1) is 13.9. The molecule has 1 aromatic carbocycles. The minimum Gasteiger partial charge on any atom is -0.482 e. The van der Waals surface area contributed by atoms with Crippen molar-refractivity contribution in [2.24, 2.45) is 11.8 Å². The van der Waals surface area contributed by atoms with Crippen molar-refractivity contribution in [3.05, 3.63) is 35.9 Å². The predicted molar refractivity (Wildman–Crippen MR) is 110 cm³/mol. The highest BCUT2D eigenvalue weighted by molar-refractivity contribution is 8.00. The molecule has 9 heteroatoms. The number of nitrogens with two attached hydrogens (primary N) is 1. The van der Waals surface area contributed by atoms with E-state index in [0.29, 0.717) is 22.8 Å². The van der Waals surface area contributed by atoms with E-state index >= 15 is 0 Å². The number of nitrogens with zero attached hydrogens (tertiary/aromatic N) is 3. The summed E-state index contributed by atoms with van der Waals surface area (Å²) in [7, 11) is 0. The lowest BCUT2D eigenvalue weighted by atomic mass is 9.78. The normalized spacial score (nSPS) is 22.8. The van der Waals surface area contributed by atoms with Crippen LogP contribution < -0.4 is 15.9 Å². The molecule has 3 rings (SSSR count). The zero-order chi connectivity index (χ0) is 21.0. The van der Waals surface area contributed by atoms with Gasteiger partial charge in [-0.15, -0.1) is 10.2 Å². The van der Waals surface area contributed by atoms with Crippen molar-refractivity contribution in [2.45, 2.75) is 63.1 Å². The zero-order valence-corrected chi connectivity index (χ0v) is 17.8. The molecule has 0 bridgehead atoms. The summed E-state index contributed by atoms with van der Waals surface area (Å²) in [5.41, 5.74) is 0. The van der Waals surface area contributed by atoms with E-state index in [9.17, 15) is 9.18 Å². The first-order valence-corrected chi connectivity index (χ1v) is 10.8. The Morgan fingerprint density at radius 1 is 1.38 bits per heavy atom. The number of carbonyl (C=O) groups is 1. The molecule has 1 heterocycles. The van der Waals surface area contributed by atoms with Gasteiger partial charge < -0.3 is 15.9 Å². The standard InChI is InChI=1S/C20H28FN5O2S/c1-12-7-6-9-16(13(12)2)23-19(27)14(3)29-20-25-24-18(26(20)22)11-28-17-10-5-4-8-15(17)21/h4-5,8,10,12-14,16H,6-7,9,11,22H2,1-3H3,(H,23,27). The quantitative estimate of drug-likeness (QED) is 0.527. The first kappa shape index (κ1) is 21.4. The number of amides is 1. The summed E-state index contributed by atoms with van der Waals surface area (Å²) >= 11 is 1.24. The van der Waals surface area contributed by atoms with E-state index < -0.39 is 5.82 Å². The third kappa shape index (κ3) is 5.20. The van der Waals surface area contributed by atoms with E-state index in [-0.39, 0.29) is 29.6 Å². The van der Waals surface area contributed by atoms with Gasteiger partial charge in [-0.3, -0.25) is 4.79 Å². The van der Waals surface area contributed by atoms with Crippen LogP contribution in [0.3, 0.4) is 0 Å². The fourth-order valence-electron chi connectivity index (χ4n) is 3.49. The van der Waals surface area contributed by atoms with Gasteiger partial charge >= 0.3 is 0 Å². The number of nitrogens with one attached hydrogen (secondary N) is 1. The molecule has 4 atom stereocenters. The van der Waals surface area contributed by atoms with E-state index in [1.54, 1.807) is 12.1 Å². The molecule has 7 nitrogen and oxygen atoms in total. The second-order valence-corrected chi connectivity index (χ2v) is 8.94. The zero-order valence-electron chi connectivity index (χ0n) is 17.0. The Bertz CT molecular complexity index is 846. The number of halogens is 1. The van der Waals surface area contributed by atoms with E-state index in [1.807, 2.05) is 6.92 Å². The smallest absolute Gasteiger partial charge is 0.233 e. The monoisotopic (exact) mass is 421 g/mol. The minimum atomic E-state index is -0.457. The molecule has 0 saturated heterocycles. The summed E-state index contributed by atoms with van der Waals surface area (Å²) in [5, 5.41) is 11.3. The molecule has 0 aliphatic heterocycles. The molecule has 1 saturated carbocycles. The van der Waals surface area contributed by atoms with Gasteiger partial charge in [0, 0.05) is 6.04 Å². The Hall–Kier alpha value is -2.29. The molecule has 29 heavy (non-hydrogen) atoms. The van der Waals surface area contributed by atoms with E-state index in [2.05, 4.69) is 29.4 Å². The van der Waals surface area contributed by atoms with Gasteiger partial charge in [0.05, 0.1) is 5.25 Å². The summed E-state index contributed by atoms with van der Waals surface area (Å²) in [6.07, 6.45) is 3.37. The number of thioether (sulfide) groups is 1. The molecule has 3 N–H and O–H groups in total. The highest BCUT2D eigenvalue weighted by Gasteiger charge is 2.30. The Balaban J connectivity index is 1.56. The first-order valence-electron chi connectivity index (χ1n) is 9.90. The lowest BCUT2D eigenvalue weighted by Gasteiger charge is -2.35. The van der Waals surface area contributed by atoms with Crippen molar-refractivity contribution in [1.29, 1.82) is 0 Å². The van der Waals surface area contributed by atoms with Gasteiger partial charge in [-0.1, -0.05) is 50.6 Å². The molecule has 1 aliphatic carbocycles. The van der Waals surface area contributed by atoms with Crippen LogP contribution in [0.15, 0.2) is 29.4 Å². The van der Waals surface area contributed by atoms with Crippen molar-refractivity contribution in [3.63, 3.8) is 0 Å². The van der Waals surface area contributed by atoms with Gasteiger partial charge in [-0.25, -0.2) is 9.07 Å². The Kier molecular flexibility index (Phi) is 7.00. The fourth-order valence-corrected chi connectivity index (χ4v) is 4.29. The van der Waals surface area contributed by atoms with Crippen LogP contribution in [-0.4, -0.2) is 32.1 Å². The van der Waals surface area contributed by atoms with Crippen LogP contribution in [0.1, 0.15) is 45.9 Å². The fraction of sp³-hybridized carbons (Fsp3) is 0.550. The molecule has 1 aromatic heterocycles. The van der Waals surface area contributed by atoms with Crippen LogP contribution in [0.25, 0.3) is 0 Å². The van der Waals surface area contributed by atoms with E-state index in [1.165, 1.54) is 35.0 Å². The number of hydrogen-bond acceptors (Lipinski definition) is 6. The largest absolute Gasteiger partial charge is 0.482 e. The topological polar surface area (TPSA) is 95.1 Å². The van der Waals surface area contributed by atoms with Crippen molar-refractivity contribution < 1.29 is 13.9 Å². The Morgan fingerprint density at radius 2 is 2.14 bits per heavy atom. The number of nitrogen functional groups attached to an aromatic ring is 1. The van der Waals surface area contributed by atoms with Gasteiger partial charge in [-0.2, -0.15) is 0 Å². The summed E-state index contributed by atoms with van der Waals surface area (Å²) < 4.78 is 20.4. The molecule has 4 unspecified atom stereocenters. The molecular formula is C20H28FN5O2S. The number of para-hydroxylation sites is 1. The maximum Gasteiger partial charge on any atom is 0.233 e. The Morgan fingerprint density at radius 3 is 2.90 bits per heavy atom. The van der Waals surface area contributed by atoms with Crippen molar-refractivity contribution in [2.75, 3.05) is 5.84 Å². The van der Waals surface area contributed by atoms with Crippen LogP contribution in [0, 0.1) is 17.7 Å². The highest BCUT2D eigenvalue weighted by Crippen LogP contribution is 2.30. The lowest BCUT2D eigenvalue weighted by molar-refractivity contribution is -0.121. The molecule has 1 fully saturated rings. The predicted octanol–water partition coefficient (Wildman–Crippen LogP) is 3.13. The Labute approximate surface area is 174 Å². The number of hydrogen-bond donors (Lipinski definition) is 2. The second-order valence-electron chi connectivity index (χ2n) is 7.63. The van der Waals surface area contributed by atoms with Gasteiger partial charge in [0.1, 0.15) is 6.61 Å². The summed E-state index contributed by atoms with van der Waals surface area (Å²) in [4.78, 5) is 12.6. The summed E-state index contributed by atoms with van der Waals surface area (Å²) in [5.74, 6) is 7.09. The van der Waals surface area contributed by atoms with Crippen LogP contribution in [-0.2, 0) is 11.4 Å². The number of aromatic nitrogens is 3. The van der Waals surface area contributed by atoms with E-state index in [4.69, 9.17) is 10.6 Å². The average molecular weight is 422 g/mol. The molecule has 158 valence electrons. The molecule has 1 aliphatic rings. The van der Waals surface area contributed by atoms with Crippen LogP contribution in [0.5, 0.6) is 5.75 Å². The molecule has 2 aromatic rings. The summed E-state index contributed by atoms with van der Waals surface area (Å²) in [6, 6.07) is 6.32. The number of benzene rings is 1. The number of carbonyl (C=O) groups excluding carboxylic acids is 1. The summed E-state index contributed by atoms with van der Waals surface area (Å²) in [6.45, 7) is 6.23. The van der Waals surface area contributed by atoms with Crippen molar-refractivity contribution in [1.82, 2.24) is 20.2 Å². The third-order valence-corrected chi connectivity index (χ3v) is 6.67. The SMILES string of the molecule is CC(Sc1nnc(COc2ccccc2F)n1N)C(=O)NC1CCCC(C)C1C. The van der Waals surface area contributed by atoms with Gasteiger partial charge in [-0.05, 0) is 37.3 Å². The maximum absolute atomic E-state index is 13.7. The van der Waals surface area contributed by atoms with Crippen LogP contribution in [0.4, 0.5) is 4.39 Å². The third-order valence-electron chi connectivity index (χ3n) is 5.61. The average Bonchev–Trinajstić information content (AvgIpc) is 3.04. The van der Waals surface area contributed by atoms with Crippen molar-refractivity contribution in [3.8, 4) is 5.75 Å². The van der Waals surface area contributed by atoms with Crippen LogP contribution >= 0.6 is 11.8 Å². The maximum atomic E-state index is 13.7. The minimum absolute atomic E-state index is 0.0248. The molecule has 0 radical (unpaired) electrons. The highest BCUT2D eigenvalue weighted by atomic mass is 32.2. The van der Waals surface area contributed by atoms with Gasteiger partial charge in [0.2, 0.25) is 11.1 Å². The number of rotatable bonds is 7. The second kappa shape index (κ2) is 9.47. The van der Waals surface area contributed by atoms with Crippen LogP contribution in [0.2, 0.25) is 0 Å². The lowest BCUT2D eigenvalue weighted by Crippen LogP contribution is -2.46.